The highest BCUT2D eigenvalue weighted by Crippen LogP contribution is 2.55. The second-order valence-electron chi connectivity index (χ2n) is 9.45. The quantitative estimate of drug-likeness (QED) is 0.738. The molecule has 0 spiro atoms. The monoisotopic (exact) mass is 365 g/mol. The molecule has 4 heteroatoms. The third kappa shape index (κ3) is 3.07. The largest absolute Gasteiger partial charge is 0.345 e. The van der Waals surface area contributed by atoms with Gasteiger partial charge in [0, 0.05) is 18.3 Å². The lowest BCUT2D eigenvalue weighted by atomic mass is 9.53. The van der Waals surface area contributed by atoms with Crippen LogP contribution in [0.4, 0.5) is 0 Å². The highest BCUT2D eigenvalue weighted by molar-refractivity contribution is 5.98. The first-order valence-electron chi connectivity index (χ1n) is 10.9. The summed E-state index contributed by atoms with van der Waals surface area (Å²) < 4.78 is 2.20. The van der Waals surface area contributed by atoms with Crippen molar-refractivity contribution >= 4 is 16.9 Å². The van der Waals surface area contributed by atoms with Gasteiger partial charge in [0.15, 0.2) is 0 Å². The van der Waals surface area contributed by atoms with Crippen LogP contribution in [0.1, 0.15) is 75.2 Å². The number of carbonyl (C=O) groups excluding carboxylic acids is 1. The van der Waals surface area contributed by atoms with Gasteiger partial charge in [0.2, 0.25) is 0 Å². The van der Waals surface area contributed by atoms with Gasteiger partial charge in [0.05, 0.1) is 11.0 Å². The Morgan fingerprint density at radius 1 is 1.19 bits per heavy atom. The van der Waals surface area contributed by atoms with Gasteiger partial charge in [-0.2, -0.15) is 0 Å². The van der Waals surface area contributed by atoms with Crippen LogP contribution in [0.25, 0.3) is 11.0 Å². The van der Waals surface area contributed by atoms with Gasteiger partial charge in [-0.1, -0.05) is 19.8 Å². The van der Waals surface area contributed by atoms with E-state index in [2.05, 4.69) is 27.9 Å². The van der Waals surface area contributed by atoms with Gasteiger partial charge in [-0.25, -0.2) is 0 Å². The first-order valence-corrected chi connectivity index (χ1v) is 10.9. The number of unbranched alkanes of at least 4 members (excludes halogenated alkanes) is 2. The average Bonchev–Trinajstić information content (AvgIpc) is 2.99. The zero-order valence-corrected chi connectivity index (χ0v) is 16.4. The number of hydrogen-bond acceptors (Lipinski definition) is 2. The predicted molar refractivity (Wildman–Crippen MR) is 108 cm³/mol. The molecule has 4 fully saturated rings. The summed E-state index contributed by atoms with van der Waals surface area (Å²) in [5.74, 6) is 2.64. The number of nitrogens with one attached hydrogen (secondary N) is 1. The van der Waals surface area contributed by atoms with Crippen molar-refractivity contribution in [2.45, 2.75) is 76.8 Å². The number of nitrogens with zero attached hydrogens (tertiary/aromatic N) is 2. The molecule has 0 aromatic carbocycles. The smallest absolute Gasteiger partial charge is 0.268 e. The number of fused-ring (bicyclic) bond motifs is 1. The highest BCUT2D eigenvalue weighted by Gasteiger charge is 2.51. The number of aryl methyl sites for hydroxylation is 1. The maximum Gasteiger partial charge on any atom is 0.268 e. The predicted octanol–water partition coefficient (Wildman–Crippen LogP) is 4.93. The Labute approximate surface area is 161 Å². The molecule has 0 aliphatic heterocycles. The molecule has 0 radical (unpaired) electrons. The van der Waals surface area contributed by atoms with Crippen molar-refractivity contribution < 1.29 is 4.79 Å². The second-order valence-corrected chi connectivity index (χ2v) is 9.45. The number of rotatable bonds is 6. The van der Waals surface area contributed by atoms with Crippen molar-refractivity contribution in [2.24, 2.45) is 17.8 Å². The summed E-state index contributed by atoms with van der Waals surface area (Å²) in [6.07, 6.45) is 13.1. The van der Waals surface area contributed by atoms with E-state index in [1.807, 2.05) is 18.3 Å². The Hall–Kier alpha value is -1.84. The van der Waals surface area contributed by atoms with Crippen molar-refractivity contribution in [1.82, 2.24) is 14.9 Å². The van der Waals surface area contributed by atoms with Crippen molar-refractivity contribution in [2.75, 3.05) is 0 Å². The molecule has 27 heavy (non-hydrogen) atoms. The van der Waals surface area contributed by atoms with Crippen LogP contribution in [-0.2, 0) is 6.54 Å². The van der Waals surface area contributed by atoms with Gasteiger partial charge in [0.1, 0.15) is 5.69 Å². The first kappa shape index (κ1) is 17.3. The van der Waals surface area contributed by atoms with Crippen LogP contribution in [-0.4, -0.2) is 21.0 Å². The Morgan fingerprint density at radius 3 is 2.56 bits per heavy atom. The molecule has 4 aliphatic carbocycles. The third-order valence-electron chi connectivity index (χ3n) is 7.31. The van der Waals surface area contributed by atoms with Gasteiger partial charge in [-0.15, -0.1) is 0 Å². The summed E-state index contributed by atoms with van der Waals surface area (Å²) in [5.41, 5.74) is 2.88. The van der Waals surface area contributed by atoms with Crippen LogP contribution in [0.5, 0.6) is 0 Å². The van der Waals surface area contributed by atoms with Crippen molar-refractivity contribution in [3.05, 3.63) is 30.1 Å². The molecule has 4 nitrogen and oxygen atoms in total. The fraction of sp³-hybridized carbons (Fsp3) is 0.652. The lowest BCUT2D eigenvalue weighted by molar-refractivity contribution is -0.0168. The maximum absolute atomic E-state index is 13.4. The number of carbonyl (C=O) groups is 1. The van der Waals surface area contributed by atoms with E-state index >= 15 is 0 Å². The molecule has 0 saturated heterocycles. The van der Waals surface area contributed by atoms with Crippen LogP contribution < -0.4 is 5.32 Å². The van der Waals surface area contributed by atoms with Crippen LogP contribution >= 0.6 is 0 Å². The summed E-state index contributed by atoms with van der Waals surface area (Å²) in [6, 6.07) is 6.06. The zero-order chi connectivity index (χ0) is 18.4. The van der Waals surface area contributed by atoms with E-state index in [0.717, 1.165) is 47.4 Å². The minimum Gasteiger partial charge on any atom is -0.345 e. The molecule has 1 N–H and O–H groups in total. The third-order valence-corrected chi connectivity index (χ3v) is 7.31. The van der Waals surface area contributed by atoms with E-state index < -0.39 is 0 Å². The molecule has 0 unspecified atom stereocenters. The summed E-state index contributed by atoms with van der Waals surface area (Å²) >= 11 is 0. The molecular formula is C23H31N3O. The molecule has 6 rings (SSSR count). The fourth-order valence-electron chi connectivity index (χ4n) is 6.60. The molecule has 2 aromatic rings. The Bertz CT molecular complexity index is 817. The van der Waals surface area contributed by atoms with E-state index in [9.17, 15) is 4.79 Å². The Morgan fingerprint density at radius 2 is 1.89 bits per heavy atom. The maximum atomic E-state index is 13.4. The number of aromatic nitrogens is 2. The fourth-order valence-corrected chi connectivity index (χ4v) is 6.60. The lowest BCUT2D eigenvalue weighted by Gasteiger charge is -2.56. The Kier molecular flexibility index (Phi) is 4.25. The van der Waals surface area contributed by atoms with E-state index in [0.29, 0.717) is 0 Å². The van der Waals surface area contributed by atoms with Crippen LogP contribution in [0.2, 0.25) is 0 Å². The summed E-state index contributed by atoms with van der Waals surface area (Å²) in [5, 5.41) is 3.55. The minimum absolute atomic E-state index is 0.0595. The van der Waals surface area contributed by atoms with Gasteiger partial charge < -0.3 is 9.88 Å². The van der Waals surface area contributed by atoms with E-state index in [1.165, 1.54) is 51.4 Å². The number of pyridine rings is 1. The van der Waals surface area contributed by atoms with Crippen LogP contribution in [0.3, 0.4) is 0 Å². The zero-order valence-electron chi connectivity index (χ0n) is 16.4. The normalized spacial score (nSPS) is 31.5. The van der Waals surface area contributed by atoms with Gasteiger partial charge in [-0.3, -0.25) is 9.78 Å². The summed E-state index contributed by atoms with van der Waals surface area (Å²) in [6.45, 7) is 3.11. The van der Waals surface area contributed by atoms with Crippen LogP contribution in [0.15, 0.2) is 24.4 Å². The molecular weight excluding hydrogens is 334 g/mol. The lowest BCUT2D eigenvalue weighted by Crippen LogP contribution is -2.60. The minimum atomic E-state index is 0.0595. The standard InChI is InChI=1S/C23H31N3O/c1-2-3-4-8-26-20-6-5-7-24-19(20)12-21(26)22(27)25-23-13-16-9-17(14-23)11-18(10-16)15-23/h5-7,12,16-18H,2-4,8-11,13-15H2,1H3,(H,25,27). The molecule has 2 heterocycles. The molecule has 1 amide bonds. The molecule has 4 aliphatic rings. The molecule has 2 aromatic heterocycles. The number of hydrogen-bond donors (Lipinski definition) is 1. The van der Waals surface area contributed by atoms with Gasteiger partial charge >= 0.3 is 0 Å². The SMILES string of the molecule is CCCCCn1c(C(=O)NC23CC4CC(CC(C4)C2)C3)cc2ncccc21. The van der Waals surface area contributed by atoms with Gasteiger partial charge in [-0.05, 0) is 80.9 Å². The second kappa shape index (κ2) is 6.65. The van der Waals surface area contributed by atoms with E-state index in [4.69, 9.17) is 0 Å². The topological polar surface area (TPSA) is 46.9 Å². The molecule has 4 saturated carbocycles. The molecule has 144 valence electrons. The highest BCUT2D eigenvalue weighted by atomic mass is 16.2. The Balaban J connectivity index is 1.43. The first-order chi connectivity index (χ1) is 13.2. The molecule has 4 bridgehead atoms. The van der Waals surface area contributed by atoms with Gasteiger partial charge in [0.25, 0.3) is 5.91 Å². The average molecular weight is 366 g/mol. The van der Waals surface area contributed by atoms with E-state index in [-0.39, 0.29) is 11.4 Å². The molecule has 0 atom stereocenters. The van der Waals surface area contributed by atoms with Crippen molar-refractivity contribution in [3.8, 4) is 0 Å². The van der Waals surface area contributed by atoms with E-state index in [1.54, 1.807) is 0 Å². The van der Waals surface area contributed by atoms with Crippen molar-refractivity contribution in [1.29, 1.82) is 0 Å². The summed E-state index contributed by atoms with van der Waals surface area (Å²) in [7, 11) is 0. The van der Waals surface area contributed by atoms with Crippen molar-refractivity contribution in [3.63, 3.8) is 0 Å². The summed E-state index contributed by atoms with van der Waals surface area (Å²) in [4.78, 5) is 17.9. The van der Waals surface area contributed by atoms with Crippen LogP contribution in [0, 0.1) is 17.8 Å². The number of amides is 1.